The highest BCUT2D eigenvalue weighted by Gasteiger charge is 2.55. The summed E-state index contributed by atoms with van der Waals surface area (Å²) < 4.78 is 1.80. The van der Waals surface area contributed by atoms with Gasteiger partial charge in [0.05, 0.1) is 0 Å². The van der Waals surface area contributed by atoms with Crippen LogP contribution in [0.3, 0.4) is 0 Å². The smallest absolute Gasteiger partial charge is 0.260 e. The molecule has 1 N–H and O–H groups in total. The Morgan fingerprint density at radius 1 is 1.00 bits per heavy atom. The largest absolute Gasteiger partial charge is 0.351 e. The average molecular weight is 543 g/mol. The fourth-order valence-corrected chi connectivity index (χ4v) is 6.27. The van der Waals surface area contributed by atoms with E-state index in [-0.39, 0.29) is 5.56 Å². The Labute approximate surface area is 234 Å². The highest BCUT2D eigenvalue weighted by Crippen LogP contribution is 2.47. The molecule has 0 spiro atoms. The van der Waals surface area contributed by atoms with Crippen LogP contribution >= 0.6 is 11.6 Å². The molecular formula is C31H35ClN6O. The first-order valence-electron chi connectivity index (χ1n) is 14.0. The Morgan fingerprint density at radius 2 is 1.72 bits per heavy atom. The average Bonchev–Trinajstić information content (AvgIpc) is 3.38. The minimum Gasteiger partial charge on any atom is -0.351 e. The van der Waals surface area contributed by atoms with Gasteiger partial charge in [-0.1, -0.05) is 74.0 Å². The molecule has 0 radical (unpaired) electrons. The lowest BCUT2D eigenvalue weighted by Crippen LogP contribution is -2.32. The van der Waals surface area contributed by atoms with Gasteiger partial charge in [-0.25, -0.2) is 4.98 Å². The molecular weight excluding hydrogens is 508 g/mol. The van der Waals surface area contributed by atoms with Crippen molar-refractivity contribution in [3.05, 3.63) is 87.8 Å². The lowest BCUT2D eigenvalue weighted by atomic mass is 10.1. The van der Waals surface area contributed by atoms with E-state index in [9.17, 15) is 4.79 Å². The van der Waals surface area contributed by atoms with E-state index in [2.05, 4.69) is 64.3 Å². The second kappa shape index (κ2) is 11.1. The first kappa shape index (κ1) is 26.0. The number of benzene rings is 2. The van der Waals surface area contributed by atoms with Crippen LogP contribution in [0.1, 0.15) is 19.4 Å². The minimum atomic E-state index is -0.0766. The maximum atomic E-state index is 13.8. The number of fused-ring (bicyclic) bond motifs is 2. The fraction of sp³-hybridized carbons (Fsp3) is 0.387. The number of nitrogens with zero attached hydrogens (tertiary/aromatic N) is 5. The number of halogens is 1. The van der Waals surface area contributed by atoms with Crippen LogP contribution in [-0.4, -0.2) is 63.1 Å². The zero-order valence-electron chi connectivity index (χ0n) is 22.6. The van der Waals surface area contributed by atoms with Crippen molar-refractivity contribution in [2.24, 2.45) is 11.8 Å². The zero-order chi connectivity index (χ0) is 26.9. The number of rotatable bonds is 10. The van der Waals surface area contributed by atoms with Crippen LogP contribution in [0.2, 0.25) is 5.02 Å². The summed E-state index contributed by atoms with van der Waals surface area (Å²) in [6.45, 7) is 10.6. The molecule has 2 aliphatic rings. The Bertz CT molecular complexity index is 1510. The number of pyridine rings is 1. The first-order valence-corrected chi connectivity index (χ1v) is 14.3. The first-order chi connectivity index (χ1) is 19.1. The molecule has 2 atom stereocenters. The molecule has 3 heterocycles. The van der Waals surface area contributed by atoms with Crippen LogP contribution in [0, 0.1) is 11.8 Å². The van der Waals surface area contributed by atoms with Crippen molar-refractivity contribution in [3.8, 4) is 11.1 Å². The van der Waals surface area contributed by atoms with Gasteiger partial charge in [0.2, 0.25) is 5.95 Å². The second-order valence-corrected chi connectivity index (χ2v) is 11.1. The van der Waals surface area contributed by atoms with Crippen LogP contribution in [0.15, 0.2) is 71.7 Å². The van der Waals surface area contributed by atoms with Crippen LogP contribution in [-0.2, 0) is 13.1 Å². The number of hydrogen-bond donors (Lipinski definition) is 1. The number of anilines is 1. The van der Waals surface area contributed by atoms with Gasteiger partial charge in [-0.2, -0.15) is 4.98 Å². The summed E-state index contributed by atoms with van der Waals surface area (Å²) in [4.78, 5) is 28.2. The highest BCUT2D eigenvalue weighted by molar-refractivity contribution is 6.33. The molecule has 1 saturated heterocycles. The van der Waals surface area contributed by atoms with Crippen LogP contribution in [0.5, 0.6) is 0 Å². The van der Waals surface area contributed by atoms with E-state index in [0.717, 1.165) is 50.2 Å². The Hall–Kier alpha value is -3.26. The van der Waals surface area contributed by atoms with Gasteiger partial charge in [0.15, 0.2) is 0 Å². The highest BCUT2D eigenvalue weighted by atomic mass is 35.5. The molecule has 2 fully saturated rings. The zero-order valence-corrected chi connectivity index (χ0v) is 23.3. The number of hydrogen-bond acceptors (Lipinski definition) is 6. The fourth-order valence-electron chi connectivity index (χ4n) is 6.04. The monoisotopic (exact) mass is 542 g/mol. The van der Waals surface area contributed by atoms with Gasteiger partial charge in [-0.15, -0.1) is 0 Å². The van der Waals surface area contributed by atoms with Gasteiger partial charge in [0.25, 0.3) is 5.56 Å². The van der Waals surface area contributed by atoms with E-state index in [1.165, 1.54) is 5.56 Å². The van der Waals surface area contributed by atoms with Crippen molar-refractivity contribution in [1.29, 1.82) is 0 Å². The third kappa shape index (κ3) is 5.31. The molecule has 7 nitrogen and oxygen atoms in total. The van der Waals surface area contributed by atoms with Gasteiger partial charge >= 0.3 is 0 Å². The number of aromatic nitrogens is 3. The Balaban J connectivity index is 1.25. The van der Waals surface area contributed by atoms with Crippen LogP contribution < -0.4 is 10.9 Å². The van der Waals surface area contributed by atoms with Crippen molar-refractivity contribution in [2.75, 3.05) is 38.0 Å². The normalized spacial score (nSPS) is 20.5. The van der Waals surface area contributed by atoms with Gasteiger partial charge in [-0.3, -0.25) is 14.3 Å². The SMILES string of the molecule is CCN(CC)CCn1c(=O)c(-c2ccccc2Cl)cc2cnc(NC3C4CN(Cc5ccccc5)CC43)nc21. The predicted molar refractivity (Wildman–Crippen MR) is 158 cm³/mol. The molecule has 39 heavy (non-hydrogen) atoms. The third-order valence-corrected chi connectivity index (χ3v) is 8.67. The number of nitrogens with one attached hydrogen (secondary N) is 1. The van der Waals surface area contributed by atoms with E-state index in [1.807, 2.05) is 36.5 Å². The number of likely N-dealkylation sites (N-methyl/N-ethyl adjacent to an activating group) is 1. The molecule has 2 aromatic carbocycles. The standard InChI is InChI=1S/C31H35ClN6O/c1-3-36(4-2)14-15-38-29-22(16-24(30(38)39)23-12-8-9-13-27(23)32)17-33-31(35-29)34-28-25-19-37(20-26(25)28)18-21-10-6-5-7-11-21/h5-13,16-17,25-26,28H,3-4,14-15,18-20H2,1-2H3,(H,33,34,35). The maximum absolute atomic E-state index is 13.8. The quantitative estimate of drug-likeness (QED) is 0.304. The van der Waals surface area contributed by atoms with Gasteiger partial charge in [-0.05, 0) is 42.6 Å². The van der Waals surface area contributed by atoms with Crippen molar-refractivity contribution in [3.63, 3.8) is 0 Å². The van der Waals surface area contributed by atoms with Gasteiger partial charge in [0.1, 0.15) is 5.65 Å². The summed E-state index contributed by atoms with van der Waals surface area (Å²) in [6, 6.07) is 20.4. The van der Waals surface area contributed by atoms with E-state index >= 15 is 0 Å². The van der Waals surface area contributed by atoms with Gasteiger partial charge < -0.3 is 10.2 Å². The van der Waals surface area contributed by atoms with E-state index in [4.69, 9.17) is 16.6 Å². The summed E-state index contributed by atoms with van der Waals surface area (Å²) in [6.07, 6.45) is 1.83. The summed E-state index contributed by atoms with van der Waals surface area (Å²) in [5, 5.41) is 4.98. The maximum Gasteiger partial charge on any atom is 0.260 e. The van der Waals surface area contributed by atoms with Crippen molar-refractivity contribution < 1.29 is 0 Å². The summed E-state index contributed by atoms with van der Waals surface area (Å²) in [5.74, 6) is 1.82. The van der Waals surface area contributed by atoms with Crippen LogP contribution in [0.4, 0.5) is 5.95 Å². The number of piperidine rings is 1. The molecule has 1 saturated carbocycles. The van der Waals surface area contributed by atoms with Crippen molar-refractivity contribution in [2.45, 2.75) is 33.0 Å². The molecule has 0 amide bonds. The molecule has 2 aromatic heterocycles. The number of likely N-dealkylation sites (tertiary alicyclic amines) is 1. The molecule has 8 heteroatoms. The third-order valence-electron chi connectivity index (χ3n) is 8.34. The van der Waals surface area contributed by atoms with E-state index in [0.29, 0.717) is 46.6 Å². The lowest BCUT2D eigenvalue weighted by Gasteiger charge is -2.21. The molecule has 202 valence electrons. The van der Waals surface area contributed by atoms with Crippen LogP contribution in [0.25, 0.3) is 22.2 Å². The van der Waals surface area contributed by atoms with E-state index in [1.54, 1.807) is 4.57 Å². The van der Waals surface area contributed by atoms with E-state index < -0.39 is 0 Å². The lowest BCUT2D eigenvalue weighted by molar-refractivity contribution is 0.290. The van der Waals surface area contributed by atoms with Crippen molar-refractivity contribution in [1.82, 2.24) is 24.3 Å². The second-order valence-electron chi connectivity index (χ2n) is 10.7. The molecule has 0 bridgehead atoms. The molecule has 4 aromatic rings. The topological polar surface area (TPSA) is 66.3 Å². The summed E-state index contributed by atoms with van der Waals surface area (Å²) in [7, 11) is 0. The molecule has 6 rings (SSSR count). The molecule has 1 aliphatic carbocycles. The molecule has 1 aliphatic heterocycles. The van der Waals surface area contributed by atoms with Gasteiger partial charge in [0, 0.05) is 66.5 Å². The Morgan fingerprint density at radius 3 is 2.44 bits per heavy atom. The summed E-state index contributed by atoms with van der Waals surface area (Å²) >= 11 is 6.50. The summed E-state index contributed by atoms with van der Waals surface area (Å²) in [5.41, 5.74) is 3.26. The molecule has 2 unspecified atom stereocenters. The van der Waals surface area contributed by atoms with Crippen molar-refractivity contribution >= 4 is 28.6 Å². The minimum absolute atomic E-state index is 0.0766. The predicted octanol–water partition coefficient (Wildman–Crippen LogP) is 5.00. The Kier molecular flexibility index (Phi) is 7.38.